The average Bonchev–Trinajstić information content (AvgIpc) is 2.80. The van der Waals surface area contributed by atoms with E-state index in [9.17, 15) is 4.39 Å². The summed E-state index contributed by atoms with van der Waals surface area (Å²) in [6, 6.07) is 5.21. The molecule has 1 aromatic carbocycles. The van der Waals surface area contributed by atoms with Crippen LogP contribution < -0.4 is 5.73 Å². The predicted octanol–water partition coefficient (Wildman–Crippen LogP) is 3.11. The zero-order valence-electron chi connectivity index (χ0n) is 10.8. The van der Waals surface area contributed by atoms with Gasteiger partial charge in [-0.1, -0.05) is 28.9 Å². The summed E-state index contributed by atoms with van der Waals surface area (Å²) < 4.78 is 16.2. The van der Waals surface area contributed by atoms with Crippen molar-refractivity contribution in [2.75, 3.05) is 0 Å². The molecule has 1 unspecified atom stereocenters. The van der Waals surface area contributed by atoms with Gasteiger partial charge in [-0.05, 0) is 30.5 Å². The summed E-state index contributed by atoms with van der Waals surface area (Å²) in [5, 5.41) is 4.25. The topological polar surface area (TPSA) is 43.8 Å². The first kappa shape index (κ1) is 14.2. The molecule has 0 aliphatic heterocycles. The molecule has 0 bridgehead atoms. The van der Waals surface area contributed by atoms with Crippen LogP contribution in [0.1, 0.15) is 24.5 Å². The summed E-state index contributed by atoms with van der Waals surface area (Å²) in [7, 11) is 0. The van der Waals surface area contributed by atoms with E-state index < -0.39 is 0 Å². The van der Waals surface area contributed by atoms with Gasteiger partial charge in [-0.15, -0.1) is 0 Å². The Morgan fingerprint density at radius 2 is 2.26 bits per heavy atom. The molecule has 0 aliphatic rings. The van der Waals surface area contributed by atoms with Gasteiger partial charge >= 0.3 is 0 Å². The second kappa shape index (κ2) is 6.30. The fourth-order valence-electron chi connectivity index (χ4n) is 1.87. The second-order valence-electron chi connectivity index (χ2n) is 4.65. The van der Waals surface area contributed by atoms with Crippen LogP contribution in [0.25, 0.3) is 0 Å². The highest BCUT2D eigenvalue weighted by Crippen LogP contribution is 2.16. The Labute approximate surface area is 120 Å². The number of hydrogen-bond acceptors (Lipinski definition) is 2. The number of rotatable bonds is 5. The molecule has 0 radical (unpaired) electrons. The molecule has 102 valence electrons. The van der Waals surface area contributed by atoms with E-state index in [0.29, 0.717) is 12.1 Å². The quantitative estimate of drug-likeness (QED) is 0.917. The molecule has 2 N–H and O–H groups in total. The largest absolute Gasteiger partial charge is 0.327 e. The van der Waals surface area contributed by atoms with Crippen LogP contribution in [0.4, 0.5) is 4.39 Å². The van der Waals surface area contributed by atoms with Crippen molar-refractivity contribution in [1.82, 2.24) is 9.78 Å². The first-order valence-corrected chi connectivity index (χ1v) is 7.08. The number of benzene rings is 1. The van der Waals surface area contributed by atoms with Crippen LogP contribution >= 0.6 is 15.9 Å². The zero-order valence-corrected chi connectivity index (χ0v) is 12.4. The second-order valence-corrected chi connectivity index (χ2v) is 5.57. The van der Waals surface area contributed by atoms with Crippen LogP contribution in [0.2, 0.25) is 0 Å². The molecule has 2 rings (SSSR count). The van der Waals surface area contributed by atoms with Gasteiger partial charge in [0.1, 0.15) is 5.82 Å². The Kier molecular flexibility index (Phi) is 4.71. The lowest BCUT2D eigenvalue weighted by molar-refractivity contribution is 0.584. The van der Waals surface area contributed by atoms with E-state index in [1.54, 1.807) is 16.9 Å². The number of nitrogens with two attached hydrogens (primary N) is 1. The maximum Gasteiger partial charge on any atom is 0.129 e. The summed E-state index contributed by atoms with van der Waals surface area (Å²) in [4.78, 5) is 0. The molecule has 19 heavy (non-hydrogen) atoms. The van der Waals surface area contributed by atoms with E-state index in [1.165, 1.54) is 6.07 Å². The van der Waals surface area contributed by atoms with Crippen molar-refractivity contribution in [1.29, 1.82) is 0 Å². The first-order valence-electron chi connectivity index (χ1n) is 6.29. The van der Waals surface area contributed by atoms with Gasteiger partial charge in [0.15, 0.2) is 0 Å². The Morgan fingerprint density at radius 3 is 2.95 bits per heavy atom. The lowest BCUT2D eigenvalue weighted by Gasteiger charge is -2.06. The van der Waals surface area contributed by atoms with Crippen LogP contribution in [0.3, 0.4) is 0 Å². The molecular weight excluding hydrogens is 309 g/mol. The Balaban J connectivity index is 2.07. The third-order valence-corrected chi connectivity index (χ3v) is 3.55. The molecule has 1 aromatic heterocycles. The molecule has 3 nitrogen and oxygen atoms in total. The van der Waals surface area contributed by atoms with Crippen molar-refractivity contribution >= 4 is 15.9 Å². The highest BCUT2D eigenvalue weighted by Gasteiger charge is 2.07. The highest BCUT2D eigenvalue weighted by atomic mass is 79.9. The SMILES string of the molecule is CCC(N)Cc1cnn(Cc2ccc(Br)cc2F)c1. The maximum absolute atomic E-state index is 13.7. The van der Waals surface area contributed by atoms with Crippen molar-refractivity contribution < 1.29 is 4.39 Å². The van der Waals surface area contributed by atoms with E-state index in [1.807, 2.05) is 12.3 Å². The molecule has 0 spiro atoms. The van der Waals surface area contributed by atoms with Gasteiger partial charge < -0.3 is 5.73 Å². The highest BCUT2D eigenvalue weighted by molar-refractivity contribution is 9.10. The van der Waals surface area contributed by atoms with Crippen LogP contribution in [0.15, 0.2) is 35.1 Å². The van der Waals surface area contributed by atoms with Crippen molar-refractivity contribution in [2.45, 2.75) is 32.4 Å². The molecule has 0 amide bonds. The third kappa shape index (κ3) is 3.88. The Morgan fingerprint density at radius 1 is 1.47 bits per heavy atom. The summed E-state index contributed by atoms with van der Waals surface area (Å²) >= 11 is 3.24. The third-order valence-electron chi connectivity index (χ3n) is 3.06. The Hall–Kier alpha value is -1.20. The van der Waals surface area contributed by atoms with Crippen LogP contribution in [0, 0.1) is 5.82 Å². The van der Waals surface area contributed by atoms with Crippen LogP contribution in [-0.2, 0) is 13.0 Å². The number of halogens is 2. The Bertz CT molecular complexity index is 553. The fraction of sp³-hybridized carbons (Fsp3) is 0.357. The molecule has 0 fully saturated rings. The van der Waals surface area contributed by atoms with E-state index in [-0.39, 0.29) is 11.9 Å². The number of aromatic nitrogens is 2. The average molecular weight is 326 g/mol. The molecule has 0 saturated carbocycles. The van der Waals surface area contributed by atoms with Gasteiger partial charge in [-0.25, -0.2) is 4.39 Å². The van der Waals surface area contributed by atoms with Gasteiger partial charge in [-0.3, -0.25) is 4.68 Å². The molecular formula is C14H17BrFN3. The smallest absolute Gasteiger partial charge is 0.129 e. The molecule has 0 saturated heterocycles. The summed E-state index contributed by atoms with van der Waals surface area (Å²) in [5.41, 5.74) is 7.62. The van der Waals surface area contributed by atoms with Crippen LogP contribution in [0.5, 0.6) is 0 Å². The predicted molar refractivity (Wildman–Crippen MR) is 77.4 cm³/mol. The number of hydrogen-bond donors (Lipinski definition) is 1. The summed E-state index contributed by atoms with van der Waals surface area (Å²) in [6.45, 7) is 2.49. The molecule has 0 aliphatic carbocycles. The first-order chi connectivity index (χ1) is 9.08. The van der Waals surface area contributed by atoms with Gasteiger partial charge in [0, 0.05) is 22.3 Å². The van der Waals surface area contributed by atoms with Gasteiger partial charge in [0.2, 0.25) is 0 Å². The van der Waals surface area contributed by atoms with E-state index >= 15 is 0 Å². The molecule has 1 atom stereocenters. The van der Waals surface area contributed by atoms with Crippen molar-refractivity contribution in [3.63, 3.8) is 0 Å². The maximum atomic E-state index is 13.7. The normalized spacial score (nSPS) is 12.6. The van der Waals surface area contributed by atoms with E-state index in [2.05, 4.69) is 28.0 Å². The molecule has 5 heteroatoms. The molecule has 2 aromatic rings. The lowest BCUT2D eigenvalue weighted by Crippen LogP contribution is -2.21. The van der Waals surface area contributed by atoms with Crippen molar-refractivity contribution in [3.05, 3.63) is 52.0 Å². The zero-order chi connectivity index (χ0) is 13.8. The van der Waals surface area contributed by atoms with Gasteiger partial charge in [-0.2, -0.15) is 5.10 Å². The van der Waals surface area contributed by atoms with Crippen molar-refractivity contribution in [2.24, 2.45) is 5.73 Å². The number of nitrogens with zero attached hydrogens (tertiary/aromatic N) is 2. The minimum absolute atomic E-state index is 0.155. The summed E-state index contributed by atoms with van der Waals surface area (Å²) in [6.07, 6.45) is 5.47. The van der Waals surface area contributed by atoms with Gasteiger partial charge in [0.05, 0.1) is 12.7 Å². The van der Waals surface area contributed by atoms with Crippen molar-refractivity contribution in [3.8, 4) is 0 Å². The van der Waals surface area contributed by atoms with Gasteiger partial charge in [0.25, 0.3) is 0 Å². The monoisotopic (exact) mass is 325 g/mol. The lowest BCUT2D eigenvalue weighted by atomic mass is 10.1. The minimum atomic E-state index is -0.225. The molecule has 1 heterocycles. The van der Waals surface area contributed by atoms with E-state index in [4.69, 9.17) is 5.73 Å². The summed E-state index contributed by atoms with van der Waals surface area (Å²) in [5.74, 6) is -0.225. The van der Waals surface area contributed by atoms with Crippen LogP contribution in [-0.4, -0.2) is 15.8 Å². The minimum Gasteiger partial charge on any atom is -0.327 e. The fourth-order valence-corrected chi connectivity index (χ4v) is 2.20. The van der Waals surface area contributed by atoms with E-state index in [0.717, 1.165) is 22.9 Å². The standard InChI is InChI=1S/C14H17BrFN3/c1-2-13(17)5-10-7-18-19(8-10)9-11-3-4-12(15)6-14(11)16/h3-4,6-8,13H,2,5,9,17H2,1H3.